The van der Waals surface area contributed by atoms with Gasteiger partial charge in [-0.3, -0.25) is 14.5 Å². The van der Waals surface area contributed by atoms with Crippen LogP contribution in [0, 0.1) is 11.8 Å². The number of imide groups is 1. The second-order valence-corrected chi connectivity index (χ2v) is 6.92. The molecule has 0 bridgehead atoms. The molecule has 0 saturated carbocycles. The quantitative estimate of drug-likeness (QED) is 0.372. The lowest BCUT2D eigenvalue weighted by molar-refractivity contribution is 0.0650. The number of carbonyl (C=O) groups is 2. The average Bonchev–Trinajstić information content (AvgIpc) is 2.69. The lowest BCUT2D eigenvalue weighted by Crippen LogP contribution is -2.36. The summed E-state index contributed by atoms with van der Waals surface area (Å²) in [6, 6.07) is 17.2. The van der Waals surface area contributed by atoms with Gasteiger partial charge in [0.15, 0.2) is 0 Å². The van der Waals surface area contributed by atoms with Crippen molar-refractivity contribution in [3.05, 3.63) is 76.9 Å². The Morgan fingerprint density at radius 3 is 2.23 bits per heavy atom. The van der Waals surface area contributed by atoms with Crippen molar-refractivity contribution in [2.75, 3.05) is 13.3 Å². The maximum atomic E-state index is 12.4. The van der Waals surface area contributed by atoms with Crippen LogP contribution in [-0.2, 0) is 0 Å². The summed E-state index contributed by atoms with van der Waals surface area (Å²) in [4.78, 5) is 27.2. The smallest absolute Gasteiger partial charge is 0.261 e. The average molecular weight is 357 g/mol. The van der Waals surface area contributed by atoms with Crippen molar-refractivity contribution in [2.24, 2.45) is 0 Å². The highest BCUT2D eigenvalue weighted by Crippen LogP contribution is 2.31. The third kappa shape index (κ3) is 2.58. The molecule has 3 aromatic rings. The monoisotopic (exact) mass is 357 g/mol. The lowest BCUT2D eigenvalue weighted by atomic mass is 9.91. The minimum absolute atomic E-state index is 0.272. The van der Waals surface area contributed by atoms with Crippen LogP contribution in [0.5, 0.6) is 0 Å². The van der Waals surface area contributed by atoms with Crippen molar-refractivity contribution in [3.8, 4) is 11.8 Å². The Kier molecular flexibility index (Phi) is 4.02. The number of nitrogens with zero attached hydrogens (tertiary/aromatic N) is 1. The van der Waals surface area contributed by atoms with E-state index in [1.165, 1.54) is 11.9 Å². The van der Waals surface area contributed by atoms with E-state index in [2.05, 4.69) is 11.8 Å². The first-order valence-electron chi connectivity index (χ1n) is 8.14. The van der Waals surface area contributed by atoms with Crippen molar-refractivity contribution < 1.29 is 9.59 Å². The highest BCUT2D eigenvalue weighted by Gasteiger charge is 2.30. The predicted octanol–water partition coefficient (Wildman–Crippen LogP) is 4.19. The molecule has 1 heterocycles. The summed E-state index contributed by atoms with van der Waals surface area (Å²) in [6.45, 7) is 0. The second-order valence-electron chi connectivity index (χ2n) is 6.04. The molecule has 0 N–H and O–H groups in total. The Morgan fingerprint density at radius 2 is 1.54 bits per heavy atom. The van der Waals surface area contributed by atoms with Gasteiger partial charge in [-0.25, -0.2) is 0 Å². The summed E-state index contributed by atoms with van der Waals surface area (Å²) >= 11 is 1.69. The number of amides is 2. The zero-order valence-corrected chi connectivity index (χ0v) is 15.2. The fraction of sp³-hybridized carbons (Fsp3) is 0.0909. The van der Waals surface area contributed by atoms with E-state index in [0.717, 1.165) is 21.4 Å². The lowest BCUT2D eigenvalue weighted by Gasteiger charge is -2.23. The van der Waals surface area contributed by atoms with E-state index < -0.39 is 0 Å². The van der Waals surface area contributed by atoms with Crippen LogP contribution >= 0.6 is 11.8 Å². The molecule has 0 fully saturated rings. The van der Waals surface area contributed by atoms with Gasteiger partial charge < -0.3 is 0 Å². The highest BCUT2D eigenvalue weighted by atomic mass is 32.2. The number of hydrogen-bond acceptors (Lipinski definition) is 3. The van der Waals surface area contributed by atoms with Gasteiger partial charge in [0.05, 0.1) is 0 Å². The third-order valence-corrected chi connectivity index (χ3v) is 5.29. The van der Waals surface area contributed by atoms with E-state index in [-0.39, 0.29) is 11.8 Å². The van der Waals surface area contributed by atoms with E-state index in [0.29, 0.717) is 16.5 Å². The van der Waals surface area contributed by atoms with Crippen LogP contribution in [0.3, 0.4) is 0 Å². The summed E-state index contributed by atoms with van der Waals surface area (Å²) in [6.07, 6.45) is 2.04. The van der Waals surface area contributed by atoms with E-state index in [9.17, 15) is 9.59 Å². The molecule has 0 saturated heterocycles. The molecule has 0 unspecified atom stereocenters. The third-order valence-electron chi connectivity index (χ3n) is 4.54. The molecule has 0 radical (unpaired) electrons. The first-order valence-corrected chi connectivity index (χ1v) is 9.37. The van der Waals surface area contributed by atoms with Crippen LogP contribution in [0.4, 0.5) is 0 Å². The predicted molar refractivity (Wildman–Crippen MR) is 105 cm³/mol. The number of rotatable bonds is 1. The van der Waals surface area contributed by atoms with Crippen molar-refractivity contribution >= 4 is 34.3 Å². The number of carbonyl (C=O) groups excluding carboxylic acids is 2. The van der Waals surface area contributed by atoms with Gasteiger partial charge >= 0.3 is 0 Å². The van der Waals surface area contributed by atoms with Gasteiger partial charge in [-0.1, -0.05) is 24.0 Å². The summed E-state index contributed by atoms with van der Waals surface area (Å²) in [5.41, 5.74) is 2.83. The molecule has 2 amide bonds. The number of hydrogen-bond donors (Lipinski definition) is 0. The van der Waals surface area contributed by atoms with Gasteiger partial charge in [0, 0.05) is 39.6 Å². The normalized spacial score (nSPS) is 12.9. The Balaban J connectivity index is 1.86. The largest absolute Gasteiger partial charge is 0.277 e. The van der Waals surface area contributed by atoms with Gasteiger partial charge in [-0.15, -0.1) is 11.8 Å². The molecule has 26 heavy (non-hydrogen) atoms. The minimum atomic E-state index is -0.272. The zero-order valence-electron chi connectivity index (χ0n) is 14.4. The molecule has 3 aromatic carbocycles. The van der Waals surface area contributed by atoms with Crippen molar-refractivity contribution in [3.63, 3.8) is 0 Å². The molecule has 4 heteroatoms. The van der Waals surface area contributed by atoms with Crippen molar-refractivity contribution in [2.45, 2.75) is 4.90 Å². The Morgan fingerprint density at radius 1 is 0.846 bits per heavy atom. The molecule has 3 nitrogen and oxygen atoms in total. The Bertz CT molecular complexity index is 1100. The van der Waals surface area contributed by atoms with Gasteiger partial charge in [0.25, 0.3) is 11.8 Å². The van der Waals surface area contributed by atoms with Gasteiger partial charge in [0.2, 0.25) is 0 Å². The fourth-order valence-electron chi connectivity index (χ4n) is 3.14. The first-order chi connectivity index (χ1) is 12.6. The standard InChI is InChI=1S/C22H15NO2S/c1-23-21(24)18-5-3-4-17-15(10-13-19(20(17)18)22(23)25)9-6-14-7-11-16(26-2)12-8-14/h3-5,7-8,10-13H,1-2H3. The summed E-state index contributed by atoms with van der Waals surface area (Å²) in [7, 11) is 1.51. The molecule has 0 spiro atoms. The molecule has 1 aliphatic rings. The molecule has 0 atom stereocenters. The van der Waals surface area contributed by atoms with Crippen molar-refractivity contribution in [1.29, 1.82) is 0 Å². The molecular formula is C22H15NO2S. The van der Waals surface area contributed by atoms with E-state index in [4.69, 9.17) is 0 Å². The van der Waals surface area contributed by atoms with E-state index in [1.54, 1.807) is 23.9 Å². The van der Waals surface area contributed by atoms with Crippen LogP contribution in [-0.4, -0.2) is 30.0 Å². The summed E-state index contributed by atoms with van der Waals surface area (Å²) < 4.78 is 0. The molecule has 1 aliphatic heterocycles. The van der Waals surface area contributed by atoms with Crippen LogP contribution in [0.15, 0.2) is 59.5 Å². The molecule has 126 valence electrons. The van der Waals surface area contributed by atoms with Crippen molar-refractivity contribution in [1.82, 2.24) is 4.90 Å². The van der Waals surface area contributed by atoms with E-state index in [1.807, 2.05) is 48.7 Å². The molecule has 0 aliphatic carbocycles. The van der Waals surface area contributed by atoms with Crippen LogP contribution in [0.25, 0.3) is 10.8 Å². The second kappa shape index (κ2) is 6.36. The summed E-state index contributed by atoms with van der Waals surface area (Å²) in [5.74, 6) is 5.82. The van der Waals surface area contributed by atoms with Gasteiger partial charge in [-0.2, -0.15) is 0 Å². The number of benzene rings is 3. The Hall–Kier alpha value is -3.03. The van der Waals surface area contributed by atoms with Crippen LogP contribution < -0.4 is 0 Å². The van der Waals surface area contributed by atoms with Gasteiger partial charge in [-0.05, 0) is 54.1 Å². The van der Waals surface area contributed by atoms with Gasteiger partial charge in [0.1, 0.15) is 0 Å². The maximum absolute atomic E-state index is 12.4. The topological polar surface area (TPSA) is 37.4 Å². The highest BCUT2D eigenvalue weighted by molar-refractivity contribution is 7.98. The minimum Gasteiger partial charge on any atom is -0.277 e. The van der Waals surface area contributed by atoms with Crippen LogP contribution in [0.1, 0.15) is 31.8 Å². The van der Waals surface area contributed by atoms with Crippen LogP contribution in [0.2, 0.25) is 0 Å². The fourth-order valence-corrected chi connectivity index (χ4v) is 3.55. The van der Waals surface area contributed by atoms with E-state index >= 15 is 0 Å². The zero-order chi connectivity index (χ0) is 18.3. The molecular weight excluding hydrogens is 342 g/mol. The maximum Gasteiger partial charge on any atom is 0.261 e. The first kappa shape index (κ1) is 16.4. The summed E-state index contributed by atoms with van der Waals surface area (Å²) in [5, 5.41) is 1.54. The molecule has 0 aromatic heterocycles. The Labute approximate surface area is 156 Å². The SMILES string of the molecule is CSc1ccc(C#Cc2ccc3c4c(cccc24)C(=O)N(C)C3=O)cc1. The number of thioether (sulfide) groups is 1. The molecule has 4 rings (SSSR count).